The van der Waals surface area contributed by atoms with Crippen LogP contribution in [-0.2, 0) is 6.18 Å². The van der Waals surface area contributed by atoms with Crippen molar-refractivity contribution >= 4 is 21.6 Å². The highest BCUT2D eigenvalue weighted by Crippen LogP contribution is 2.36. The van der Waals surface area contributed by atoms with E-state index in [9.17, 15) is 23.3 Å². The molecule has 0 bridgehead atoms. The molecule has 2 aromatic rings. The lowest BCUT2D eigenvalue weighted by atomic mass is 10.1. The van der Waals surface area contributed by atoms with Crippen LogP contribution in [0.1, 0.15) is 5.56 Å². The average Bonchev–Trinajstić information content (AvgIpc) is 2.73. The third-order valence-corrected chi connectivity index (χ3v) is 2.72. The van der Waals surface area contributed by atoms with E-state index >= 15 is 0 Å². The summed E-state index contributed by atoms with van der Waals surface area (Å²) in [5.41, 5.74) is -2.01. The molecule has 0 atom stereocenters. The van der Waals surface area contributed by atoms with Gasteiger partial charge in [-0.05, 0) is 28.1 Å². The molecule has 1 aromatic heterocycles. The molecule has 0 unspecified atom stereocenters. The second-order valence-electron chi connectivity index (χ2n) is 3.54. The minimum Gasteiger partial charge on any atom is -0.258 e. The van der Waals surface area contributed by atoms with Crippen LogP contribution >= 0.6 is 15.9 Å². The molecule has 0 N–H and O–H groups in total. The SMILES string of the molecule is O=[N+]([O-])c1ccc(-n2ccc(Br)n2)c(C(F)(F)F)c1. The molecule has 100 valence electrons. The molecule has 9 heteroatoms. The number of halogens is 4. The third-order valence-electron chi connectivity index (χ3n) is 2.30. The number of rotatable bonds is 2. The van der Waals surface area contributed by atoms with Crippen LogP contribution < -0.4 is 0 Å². The summed E-state index contributed by atoms with van der Waals surface area (Å²) in [6, 6.07) is 3.97. The Balaban J connectivity index is 2.64. The summed E-state index contributed by atoms with van der Waals surface area (Å²) in [7, 11) is 0. The molecule has 0 saturated carbocycles. The molecule has 5 nitrogen and oxygen atoms in total. The molecule has 0 spiro atoms. The number of nitro benzene ring substituents is 1. The van der Waals surface area contributed by atoms with Crippen LogP contribution in [0, 0.1) is 10.1 Å². The van der Waals surface area contributed by atoms with Gasteiger partial charge in [0.1, 0.15) is 4.60 Å². The second-order valence-corrected chi connectivity index (χ2v) is 4.35. The minimum absolute atomic E-state index is 0.274. The Kier molecular flexibility index (Phi) is 3.31. The van der Waals surface area contributed by atoms with Crippen molar-refractivity contribution in [2.24, 2.45) is 0 Å². The molecule has 19 heavy (non-hydrogen) atoms. The van der Waals surface area contributed by atoms with E-state index in [0.717, 1.165) is 16.8 Å². The van der Waals surface area contributed by atoms with Gasteiger partial charge in [0.15, 0.2) is 0 Å². The van der Waals surface area contributed by atoms with Crippen LogP contribution in [0.25, 0.3) is 5.69 Å². The molecule has 0 aliphatic heterocycles. The maximum atomic E-state index is 12.9. The standard InChI is InChI=1S/C10H5BrF3N3O2/c11-9-3-4-16(15-9)8-2-1-6(17(18)19)5-7(8)10(12,13)14/h1-5H. The Morgan fingerprint density at radius 1 is 1.32 bits per heavy atom. The number of nitrogens with zero attached hydrogens (tertiary/aromatic N) is 3. The summed E-state index contributed by atoms with van der Waals surface area (Å²) in [5, 5.41) is 14.3. The van der Waals surface area contributed by atoms with E-state index in [0.29, 0.717) is 10.7 Å². The molecule has 0 aliphatic carbocycles. The van der Waals surface area contributed by atoms with Gasteiger partial charge in [0.25, 0.3) is 5.69 Å². The van der Waals surface area contributed by atoms with E-state index in [4.69, 9.17) is 0 Å². The topological polar surface area (TPSA) is 61.0 Å². The summed E-state index contributed by atoms with van der Waals surface area (Å²) in [5.74, 6) is 0. The fraction of sp³-hybridized carbons (Fsp3) is 0.100. The summed E-state index contributed by atoms with van der Waals surface area (Å²) >= 11 is 3.02. The van der Waals surface area contributed by atoms with Gasteiger partial charge in [0.05, 0.1) is 16.2 Å². The quantitative estimate of drug-likeness (QED) is 0.622. The van der Waals surface area contributed by atoms with Crippen molar-refractivity contribution in [1.29, 1.82) is 0 Å². The number of nitro groups is 1. The van der Waals surface area contributed by atoms with Crippen LogP contribution in [0.15, 0.2) is 35.1 Å². The number of hydrogen-bond acceptors (Lipinski definition) is 3. The lowest BCUT2D eigenvalue weighted by molar-refractivity contribution is -0.385. The first kappa shape index (κ1) is 13.5. The Hall–Kier alpha value is -1.90. The summed E-state index contributed by atoms with van der Waals surface area (Å²) in [6.07, 6.45) is -3.39. The zero-order valence-corrected chi connectivity index (χ0v) is 10.6. The minimum atomic E-state index is -4.71. The Labute approximate surface area is 112 Å². The van der Waals surface area contributed by atoms with Gasteiger partial charge in [-0.2, -0.15) is 18.3 Å². The normalized spacial score (nSPS) is 11.6. The predicted octanol–water partition coefficient (Wildman–Crippen LogP) is 3.56. The highest BCUT2D eigenvalue weighted by molar-refractivity contribution is 9.10. The third kappa shape index (κ3) is 2.75. The molecule has 1 heterocycles. The van der Waals surface area contributed by atoms with E-state index in [1.165, 1.54) is 12.3 Å². The second kappa shape index (κ2) is 4.65. The largest absolute Gasteiger partial charge is 0.418 e. The molecule has 0 saturated heterocycles. The lowest BCUT2D eigenvalue weighted by Gasteiger charge is -2.12. The lowest BCUT2D eigenvalue weighted by Crippen LogP contribution is -2.11. The number of benzene rings is 1. The van der Waals surface area contributed by atoms with Gasteiger partial charge < -0.3 is 0 Å². The number of hydrogen-bond donors (Lipinski definition) is 0. The van der Waals surface area contributed by atoms with Crippen molar-refractivity contribution in [1.82, 2.24) is 9.78 Å². The van der Waals surface area contributed by atoms with Crippen molar-refractivity contribution in [3.8, 4) is 5.69 Å². The van der Waals surface area contributed by atoms with E-state index in [2.05, 4.69) is 21.0 Å². The molecule has 2 rings (SSSR count). The molecular weight excluding hydrogens is 331 g/mol. The Bertz CT molecular complexity index is 639. The number of alkyl halides is 3. The van der Waals surface area contributed by atoms with Crippen LogP contribution in [0.4, 0.5) is 18.9 Å². The van der Waals surface area contributed by atoms with Crippen molar-refractivity contribution in [2.45, 2.75) is 6.18 Å². The smallest absolute Gasteiger partial charge is 0.258 e. The zero-order chi connectivity index (χ0) is 14.2. The van der Waals surface area contributed by atoms with Crippen LogP contribution in [0.5, 0.6) is 0 Å². The van der Waals surface area contributed by atoms with E-state index in [-0.39, 0.29) is 5.69 Å². The van der Waals surface area contributed by atoms with Gasteiger partial charge in [-0.15, -0.1) is 0 Å². The van der Waals surface area contributed by atoms with Gasteiger partial charge in [-0.3, -0.25) is 10.1 Å². The first-order chi connectivity index (χ1) is 8.79. The maximum absolute atomic E-state index is 12.9. The average molecular weight is 336 g/mol. The fourth-order valence-electron chi connectivity index (χ4n) is 1.50. The molecule has 0 amide bonds. The van der Waals surface area contributed by atoms with E-state index in [1.54, 1.807) is 0 Å². The van der Waals surface area contributed by atoms with Gasteiger partial charge in [0.2, 0.25) is 0 Å². The molecule has 0 radical (unpaired) electrons. The van der Waals surface area contributed by atoms with Crippen LogP contribution in [0.2, 0.25) is 0 Å². The number of aromatic nitrogens is 2. The highest BCUT2D eigenvalue weighted by atomic mass is 79.9. The summed E-state index contributed by atoms with van der Waals surface area (Å²) in [4.78, 5) is 9.66. The van der Waals surface area contributed by atoms with E-state index < -0.39 is 22.4 Å². The predicted molar refractivity (Wildman–Crippen MR) is 62.9 cm³/mol. The maximum Gasteiger partial charge on any atom is 0.418 e. The first-order valence-corrected chi connectivity index (χ1v) is 5.65. The van der Waals surface area contributed by atoms with Crippen molar-refractivity contribution in [3.63, 3.8) is 0 Å². The molecule has 1 aromatic carbocycles. The number of non-ortho nitro benzene ring substituents is 1. The first-order valence-electron chi connectivity index (χ1n) is 4.86. The van der Waals surface area contributed by atoms with Crippen molar-refractivity contribution in [3.05, 3.63) is 50.7 Å². The van der Waals surface area contributed by atoms with Gasteiger partial charge >= 0.3 is 6.18 Å². The Morgan fingerprint density at radius 3 is 2.47 bits per heavy atom. The highest BCUT2D eigenvalue weighted by Gasteiger charge is 2.36. The summed E-state index contributed by atoms with van der Waals surface area (Å²) < 4.78 is 40.1. The van der Waals surface area contributed by atoms with Crippen molar-refractivity contribution in [2.75, 3.05) is 0 Å². The molecule has 0 fully saturated rings. The zero-order valence-electron chi connectivity index (χ0n) is 9.06. The van der Waals surface area contributed by atoms with Crippen LogP contribution in [0.3, 0.4) is 0 Å². The van der Waals surface area contributed by atoms with Gasteiger partial charge in [-0.1, -0.05) is 0 Å². The Morgan fingerprint density at radius 2 is 2.00 bits per heavy atom. The fourth-order valence-corrected chi connectivity index (χ4v) is 1.79. The van der Waals surface area contributed by atoms with Crippen LogP contribution in [-0.4, -0.2) is 14.7 Å². The van der Waals surface area contributed by atoms with Gasteiger partial charge in [0, 0.05) is 18.3 Å². The van der Waals surface area contributed by atoms with Crippen molar-refractivity contribution < 1.29 is 18.1 Å². The van der Waals surface area contributed by atoms with E-state index in [1.807, 2.05) is 0 Å². The molecule has 0 aliphatic rings. The summed E-state index contributed by atoms with van der Waals surface area (Å²) in [6.45, 7) is 0. The monoisotopic (exact) mass is 335 g/mol. The molecular formula is C10H5BrF3N3O2. The van der Waals surface area contributed by atoms with Gasteiger partial charge in [-0.25, -0.2) is 4.68 Å².